The molecule has 0 unspecified atom stereocenters. The minimum atomic E-state index is -0.506. The number of amides is 1. The maximum absolute atomic E-state index is 13.3. The Morgan fingerprint density at radius 3 is 2.37 bits per heavy atom. The average Bonchev–Trinajstić information content (AvgIpc) is 3.06. The number of esters is 1. The van der Waals surface area contributed by atoms with Gasteiger partial charge in [0, 0.05) is 11.3 Å². The highest BCUT2D eigenvalue weighted by atomic mass is 32.2. The first-order chi connectivity index (χ1) is 12.7. The van der Waals surface area contributed by atoms with Crippen LogP contribution in [0.4, 0.5) is 0 Å². The van der Waals surface area contributed by atoms with Gasteiger partial charge in [-0.15, -0.1) is 11.8 Å². The topological polar surface area (TPSA) is 46.6 Å². The summed E-state index contributed by atoms with van der Waals surface area (Å²) in [6.07, 6.45) is 1.82. The fraction of sp³-hybridized carbons (Fsp3) is 0.636. The molecule has 1 amide bonds. The van der Waals surface area contributed by atoms with Gasteiger partial charge in [0.1, 0.15) is 6.04 Å². The van der Waals surface area contributed by atoms with Crippen molar-refractivity contribution in [2.75, 3.05) is 12.4 Å². The van der Waals surface area contributed by atoms with Gasteiger partial charge in [-0.3, -0.25) is 4.79 Å². The number of thioether (sulfide) groups is 1. The largest absolute Gasteiger partial charge is 0.464 e. The minimum Gasteiger partial charge on any atom is -0.464 e. The van der Waals surface area contributed by atoms with Crippen molar-refractivity contribution in [1.29, 1.82) is 0 Å². The Morgan fingerprint density at radius 2 is 1.85 bits per heavy atom. The molecular formula is C22H33NO3S. The molecule has 1 fully saturated rings. The number of unbranched alkanes of at least 4 members (excludes halogenated alkanes) is 1. The number of nitrogens with zero attached hydrogens (tertiary/aromatic N) is 1. The lowest BCUT2D eigenvalue weighted by molar-refractivity contribution is -0.148. The molecule has 0 aliphatic carbocycles. The number of rotatable bonds is 6. The fourth-order valence-corrected chi connectivity index (χ4v) is 4.62. The maximum atomic E-state index is 13.3. The summed E-state index contributed by atoms with van der Waals surface area (Å²) >= 11 is 1.67. The molecule has 27 heavy (non-hydrogen) atoms. The third kappa shape index (κ3) is 5.28. The lowest BCUT2D eigenvalue weighted by atomic mass is 9.86. The second-order valence-electron chi connectivity index (χ2n) is 8.54. The molecular weight excluding hydrogens is 358 g/mol. The summed E-state index contributed by atoms with van der Waals surface area (Å²) in [5.74, 6) is 0.496. The zero-order valence-electron chi connectivity index (χ0n) is 17.5. The highest BCUT2D eigenvalue weighted by molar-refractivity contribution is 8.00. The highest BCUT2D eigenvalue weighted by Crippen LogP contribution is 2.36. The molecule has 1 aliphatic rings. The number of hydrogen-bond donors (Lipinski definition) is 0. The van der Waals surface area contributed by atoms with Crippen molar-refractivity contribution >= 4 is 23.6 Å². The van der Waals surface area contributed by atoms with E-state index in [0.717, 1.165) is 12.8 Å². The second kappa shape index (κ2) is 9.13. The van der Waals surface area contributed by atoms with Gasteiger partial charge in [-0.25, -0.2) is 4.79 Å². The molecule has 2 rings (SSSR count). The van der Waals surface area contributed by atoms with Crippen LogP contribution in [0.15, 0.2) is 24.3 Å². The number of carbonyl (C=O) groups excluding carboxylic acids is 2. The van der Waals surface area contributed by atoms with Gasteiger partial charge < -0.3 is 9.64 Å². The molecule has 1 saturated heterocycles. The van der Waals surface area contributed by atoms with Crippen molar-refractivity contribution in [1.82, 2.24) is 4.90 Å². The molecule has 0 bridgehead atoms. The molecule has 1 aromatic rings. The third-order valence-corrected chi connectivity index (χ3v) is 6.47. The summed E-state index contributed by atoms with van der Waals surface area (Å²) in [6, 6.07) is 7.27. The van der Waals surface area contributed by atoms with Gasteiger partial charge in [0.15, 0.2) is 0 Å². The van der Waals surface area contributed by atoms with Crippen LogP contribution in [0, 0.1) is 5.92 Å². The predicted molar refractivity (Wildman–Crippen MR) is 112 cm³/mol. The highest BCUT2D eigenvalue weighted by Gasteiger charge is 2.43. The Kier molecular flexibility index (Phi) is 7.38. The monoisotopic (exact) mass is 391 g/mol. The molecule has 2 atom stereocenters. The molecule has 4 nitrogen and oxygen atoms in total. The van der Waals surface area contributed by atoms with E-state index in [1.807, 2.05) is 24.3 Å². The van der Waals surface area contributed by atoms with Gasteiger partial charge in [0.25, 0.3) is 5.91 Å². The van der Waals surface area contributed by atoms with Crippen LogP contribution >= 0.6 is 11.8 Å². The van der Waals surface area contributed by atoms with Gasteiger partial charge in [0.2, 0.25) is 0 Å². The Morgan fingerprint density at radius 1 is 1.22 bits per heavy atom. The van der Waals surface area contributed by atoms with Crippen LogP contribution in [-0.2, 0) is 14.9 Å². The Balaban J connectivity index is 2.23. The normalized spacial score (nSPS) is 20.2. The van der Waals surface area contributed by atoms with Crippen LogP contribution in [-0.4, -0.2) is 40.6 Å². The van der Waals surface area contributed by atoms with Crippen molar-refractivity contribution in [3.63, 3.8) is 0 Å². The van der Waals surface area contributed by atoms with E-state index in [9.17, 15) is 9.59 Å². The molecule has 1 heterocycles. The van der Waals surface area contributed by atoms with Crippen molar-refractivity contribution < 1.29 is 14.3 Å². The summed E-state index contributed by atoms with van der Waals surface area (Å²) < 4.78 is 5.43. The molecule has 150 valence electrons. The van der Waals surface area contributed by atoms with E-state index in [1.165, 1.54) is 5.56 Å². The van der Waals surface area contributed by atoms with E-state index in [-0.39, 0.29) is 28.6 Å². The van der Waals surface area contributed by atoms with Crippen molar-refractivity contribution in [2.24, 2.45) is 5.92 Å². The Labute approximate surface area is 168 Å². The van der Waals surface area contributed by atoms with Crippen molar-refractivity contribution in [3.05, 3.63) is 35.4 Å². The molecule has 0 saturated carbocycles. The minimum absolute atomic E-state index is 0.0106. The first kappa shape index (κ1) is 21.8. The quantitative estimate of drug-likeness (QED) is 0.513. The fourth-order valence-electron chi connectivity index (χ4n) is 3.16. The van der Waals surface area contributed by atoms with Crippen LogP contribution in [0.3, 0.4) is 0 Å². The van der Waals surface area contributed by atoms with Gasteiger partial charge in [-0.05, 0) is 35.4 Å². The first-order valence-electron chi connectivity index (χ1n) is 9.88. The smallest absolute Gasteiger partial charge is 0.329 e. The molecule has 0 spiro atoms. The number of hydrogen-bond acceptors (Lipinski definition) is 4. The summed E-state index contributed by atoms with van der Waals surface area (Å²) in [4.78, 5) is 27.6. The predicted octanol–water partition coefficient (Wildman–Crippen LogP) is 4.87. The van der Waals surface area contributed by atoms with Crippen LogP contribution in [0.1, 0.15) is 70.3 Å². The molecule has 1 aromatic carbocycles. The lowest BCUT2D eigenvalue weighted by Crippen LogP contribution is -2.47. The first-order valence-corrected chi connectivity index (χ1v) is 10.9. The van der Waals surface area contributed by atoms with Gasteiger partial charge in [-0.1, -0.05) is 60.1 Å². The molecule has 0 N–H and O–H groups in total. The number of ether oxygens (including phenoxy) is 1. The number of benzene rings is 1. The summed E-state index contributed by atoms with van der Waals surface area (Å²) in [5, 5.41) is -0.0106. The number of carbonyl (C=O) groups is 2. The Hall–Kier alpha value is -1.49. The van der Waals surface area contributed by atoms with Gasteiger partial charge in [-0.2, -0.15) is 0 Å². The van der Waals surface area contributed by atoms with E-state index < -0.39 is 6.04 Å². The van der Waals surface area contributed by atoms with E-state index in [0.29, 0.717) is 17.9 Å². The molecule has 0 aromatic heterocycles. The maximum Gasteiger partial charge on any atom is 0.329 e. The van der Waals surface area contributed by atoms with Crippen LogP contribution < -0.4 is 0 Å². The van der Waals surface area contributed by atoms with Crippen molar-refractivity contribution in [2.45, 2.75) is 71.2 Å². The van der Waals surface area contributed by atoms with Gasteiger partial charge >= 0.3 is 5.97 Å². The molecule has 1 aliphatic heterocycles. The van der Waals surface area contributed by atoms with E-state index >= 15 is 0 Å². The zero-order valence-corrected chi connectivity index (χ0v) is 18.3. The summed E-state index contributed by atoms with van der Waals surface area (Å²) in [7, 11) is 0. The second-order valence-corrected chi connectivity index (χ2v) is 9.69. The van der Waals surface area contributed by atoms with E-state index in [1.54, 1.807) is 16.7 Å². The lowest BCUT2D eigenvalue weighted by Gasteiger charge is -2.30. The van der Waals surface area contributed by atoms with Gasteiger partial charge in [0.05, 0.1) is 12.0 Å². The van der Waals surface area contributed by atoms with Crippen LogP contribution in [0.5, 0.6) is 0 Å². The SMILES string of the molecule is CCCCOC(=O)[C@@H]1CS[C@H](C(C)C)N1C(=O)c1ccc(C(C)(C)C)cc1. The summed E-state index contributed by atoms with van der Waals surface area (Å²) in [5.41, 5.74) is 1.85. The molecule has 5 heteroatoms. The average molecular weight is 392 g/mol. The summed E-state index contributed by atoms with van der Waals surface area (Å²) in [6.45, 7) is 13.1. The van der Waals surface area contributed by atoms with Crippen LogP contribution in [0.25, 0.3) is 0 Å². The Bertz CT molecular complexity index is 649. The van der Waals surface area contributed by atoms with E-state index in [2.05, 4.69) is 41.5 Å². The standard InChI is InChI=1S/C22H33NO3S/c1-7-8-13-26-21(25)18-14-27-20(15(2)3)23(18)19(24)16-9-11-17(12-10-16)22(4,5)6/h9-12,15,18,20H,7-8,13-14H2,1-6H3/t18-,20+/m0/s1. The van der Waals surface area contributed by atoms with Crippen LogP contribution in [0.2, 0.25) is 0 Å². The zero-order chi connectivity index (χ0) is 20.2. The molecule has 0 radical (unpaired) electrons. The van der Waals surface area contributed by atoms with Crippen molar-refractivity contribution in [3.8, 4) is 0 Å². The third-order valence-electron chi connectivity index (χ3n) is 4.85. The van der Waals surface area contributed by atoms with E-state index in [4.69, 9.17) is 4.74 Å².